The van der Waals surface area contributed by atoms with Gasteiger partial charge in [0.1, 0.15) is 5.58 Å². The van der Waals surface area contributed by atoms with E-state index in [9.17, 15) is 0 Å². The van der Waals surface area contributed by atoms with Crippen molar-refractivity contribution in [1.82, 2.24) is 19.3 Å². The quantitative estimate of drug-likeness (QED) is 0.243. The molecule has 39 heavy (non-hydrogen) atoms. The zero-order chi connectivity index (χ0) is 25.8. The molecule has 5 heteroatoms. The van der Waals surface area contributed by atoms with Gasteiger partial charge < -0.3 is 8.98 Å². The molecule has 3 aromatic heterocycles. The normalized spacial score (nSPS) is 11.6. The average Bonchev–Trinajstić information content (AvgIpc) is 3.74. The maximum atomic E-state index is 5.76. The molecule has 0 amide bonds. The van der Waals surface area contributed by atoms with Crippen molar-refractivity contribution in [3.8, 4) is 34.2 Å². The molecule has 5 nitrogen and oxygen atoms in total. The van der Waals surface area contributed by atoms with Crippen molar-refractivity contribution in [2.75, 3.05) is 0 Å². The Labute approximate surface area is 224 Å². The highest BCUT2D eigenvalue weighted by Crippen LogP contribution is 2.37. The van der Waals surface area contributed by atoms with E-state index in [4.69, 9.17) is 4.42 Å². The zero-order valence-electron chi connectivity index (χ0n) is 20.9. The van der Waals surface area contributed by atoms with Crippen LogP contribution in [0, 0.1) is 0 Å². The Morgan fingerprint density at radius 3 is 1.72 bits per heavy atom. The Hall–Kier alpha value is -5.42. The number of nitrogens with zero attached hydrogens (tertiary/aromatic N) is 4. The Balaban J connectivity index is 1.35. The largest absolute Gasteiger partial charge is 0.464 e. The molecular formula is C34H22N4O. The van der Waals surface area contributed by atoms with Gasteiger partial charge in [-0.2, -0.15) is 0 Å². The molecule has 184 valence electrons. The van der Waals surface area contributed by atoms with E-state index in [0.717, 1.165) is 56.2 Å². The van der Waals surface area contributed by atoms with Gasteiger partial charge in [-0.1, -0.05) is 78.9 Å². The van der Waals surface area contributed by atoms with Crippen LogP contribution < -0.4 is 0 Å². The number of furan rings is 1. The lowest BCUT2D eigenvalue weighted by molar-refractivity contribution is 0.616. The first-order valence-corrected chi connectivity index (χ1v) is 12.9. The van der Waals surface area contributed by atoms with Gasteiger partial charge in [0.05, 0.1) is 17.3 Å². The summed E-state index contributed by atoms with van der Waals surface area (Å²) in [6.45, 7) is 0. The summed E-state index contributed by atoms with van der Waals surface area (Å²) in [5, 5.41) is 12.8. The highest BCUT2D eigenvalue weighted by Gasteiger charge is 2.19. The van der Waals surface area contributed by atoms with Crippen LogP contribution in [0.4, 0.5) is 0 Å². The molecule has 0 fully saturated rings. The molecule has 0 N–H and O–H groups in total. The van der Waals surface area contributed by atoms with E-state index in [0.29, 0.717) is 0 Å². The standard InChI is InChI=1S/C34H22N4O/c1-3-9-23(10-4-1)33-35-36-34(24-11-5-2-6-12-24)38(33)26-17-15-25(16-18-26)37-30-14-8-7-13-27(30)28-19-20-31-29(32(28)37)21-22-39-31/h1-22H. The lowest BCUT2D eigenvalue weighted by Crippen LogP contribution is -2.01. The Morgan fingerprint density at radius 2 is 1.05 bits per heavy atom. The van der Waals surface area contributed by atoms with E-state index >= 15 is 0 Å². The zero-order valence-corrected chi connectivity index (χ0v) is 20.9. The lowest BCUT2D eigenvalue weighted by Gasteiger charge is -2.13. The van der Waals surface area contributed by atoms with Crippen LogP contribution in [0.3, 0.4) is 0 Å². The van der Waals surface area contributed by atoms with E-state index < -0.39 is 0 Å². The Bertz CT molecular complexity index is 2040. The fraction of sp³-hybridized carbons (Fsp3) is 0. The van der Waals surface area contributed by atoms with E-state index in [1.807, 2.05) is 36.4 Å². The minimum absolute atomic E-state index is 0.805. The van der Waals surface area contributed by atoms with Crippen molar-refractivity contribution in [1.29, 1.82) is 0 Å². The molecule has 0 atom stereocenters. The highest BCUT2D eigenvalue weighted by molar-refractivity contribution is 6.17. The topological polar surface area (TPSA) is 48.8 Å². The summed E-state index contributed by atoms with van der Waals surface area (Å²) in [5.74, 6) is 1.61. The fourth-order valence-electron chi connectivity index (χ4n) is 5.60. The fourth-order valence-corrected chi connectivity index (χ4v) is 5.60. The van der Waals surface area contributed by atoms with Crippen molar-refractivity contribution in [2.45, 2.75) is 0 Å². The molecule has 0 saturated heterocycles. The number of hydrogen-bond acceptors (Lipinski definition) is 3. The van der Waals surface area contributed by atoms with Crippen molar-refractivity contribution in [3.05, 3.63) is 134 Å². The summed E-state index contributed by atoms with van der Waals surface area (Å²) >= 11 is 0. The van der Waals surface area contributed by atoms with Gasteiger partial charge >= 0.3 is 0 Å². The average molecular weight is 503 g/mol. The van der Waals surface area contributed by atoms with Gasteiger partial charge in [-0.3, -0.25) is 4.57 Å². The molecule has 8 rings (SSSR count). The maximum Gasteiger partial charge on any atom is 0.168 e. The summed E-state index contributed by atoms with van der Waals surface area (Å²) in [6.07, 6.45) is 1.76. The van der Waals surface area contributed by atoms with Gasteiger partial charge in [0.25, 0.3) is 0 Å². The second-order valence-corrected chi connectivity index (χ2v) is 9.58. The monoisotopic (exact) mass is 502 g/mol. The van der Waals surface area contributed by atoms with Crippen LogP contribution in [-0.2, 0) is 0 Å². The van der Waals surface area contributed by atoms with E-state index in [1.54, 1.807) is 6.26 Å². The smallest absolute Gasteiger partial charge is 0.168 e. The van der Waals surface area contributed by atoms with Crippen LogP contribution in [-0.4, -0.2) is 19.3 Å². The van der Waals surface area contributed by atoms with Crippen LogP contribution in [0.5, 0.6) is 0 Å². The molecule has 0 saturated carbocycles. The summed E-state index contributed by atoms with van der Waals surface area (Å²) in [4.78, 5) is 0. The number of rotatable bonds is 4. The van der Waals surface area contributed by atoms with Crippen LogP contribution in [0.2, 0.25) is 0 Å². The van der Waals surface area contributed by atoms with Gasteiger partial charge in [-0.05, 0) is 48.5 Å². The molecule has 0 aliphatic carbocycles. The molecule has 0 bridgehead atoms. The molecule has 8 aromatic rings. The summed E-state index contributed by atoms with van der Waals surface area (Å²) in [5.41, 5.74) is 7.29. The third-order valence-corrected chi connectivity index (χ3v) is 7.36. The third kappa shape index (κ3) is 3.33. The minimum atomic E-state index is 0.805. The predicted molar refractivity (Wildman–Crippen MR) is 156 cm³/mol. The van der Waals surface area contributed by atoms with Crippen molar-refractivity contribution in [3.63, 3.8) is 0 Å². The SMILES string of the molecule is c1ccc(-c2nnc(-c3ccccc3)n2-c2ccc(-n3c4ccccc4c4ccc5occc5c43)cc2)cc1. The van der Waals surface area contributed by atoms with Crippen molar-refractivity contribution < 1.29 is 4.42 Å². The molecule has 0 radical (unpaired) electrons. The molecule has 0 unspecified atom stereocenters. The van der Waals surface area contributed by atoms with Gasteiger partial charge in [0.2, 0.25) is 0 Å². The first-order valence-electron chi connectivity index (χ1n) is 12.9. The molecule has 3 heterocycles. The van der Waals surface area contributed by atoms with Gasteiger partial charge in [-0.15, -0.1) is 10.2 Å². The van der Waals surface area contributed by atoms with Crippen LogP contribution in [0.25, 0.3) is 66.9 Å². The van der Waals surface area contributed by atoms with E-state index in [2.05, 4.69) is 110 Å². The van der Waals surface area contributed by atoms with Gasteiger partial charge in [-0.25, -0.2) is 0 Å². The summed E-state index contributed by atoms with van der Waals surface area (Å²) in [7, 11) is 0. The first kappa shape index (κ1) is 21.6. The lowest BCUT2D eigenvalue weighted by atomic mass is 10.1. The number of benzene rings is 5. The second-order valence-electron chi connectivity index (χ2n) is 9.58. The number of hydrogen-bond donors (Lipinski definition) is 0. The van der Waals surface area contributed by atoms with E-state index in [1.165, 1.54) is 10.8 Å². The van der Waals surface area contributed by atoms with Crippen molar-refractivity contribution >= 4 is 32.8 Å². The third-order valence-electron chi connectivity index (χ3n) is 7.36. The molecule has 0 spiro atoms. The summed E-state index contributed by atoms with van der Waals surface area (Å²) < 4.78 is 10.2. The Kier molecular flexibility index (Phi) is 4.76. The minimum Gasteiger partial charge on any atom is -0.464 e. The van der Waals surface area contributed by atoms with Crippen LogP contribution in [0.1, 0.15) is 0 Å². The van der Waals surface area contributed by atoms with Gasteiger partial charge in [0.15, 0.2) is 11.6 Å². The molecular weight excluding hydrogens is 480 g/mol. The highest BCUT2D eigenvalue weighted by atomic mass is 16.3. The van der Waals surface area contributed by atoms with Crippen LogP contribution in [0.15, 0.2) is 138 Å². The van der Waals surface area contributed by atoms with Gasteiger partial charge in [0, 0.05) is 38.7 Å². The van der Waals surface area contributed by atoms with Crippen LogP contribution >= 0.6 is 0 Å². The predicted octanol–water partition coefficient (Wildman–Crippen LogP) is 8.44. The number of fused-ring (bicyclic) bond motifs is 5. The number of para-hydroxylation sites is 1. The molecule has 0 aliphatic rings. The first-order chi connectivity index (χ1) is 19.4. The second kappa shape index (κ2) is 8.57. The van der Waals surface area contributed by atoms with E-state index in [-0.39, 0.29) is 0 Å². The Morgan fingerprint density at radius 1 is 0.462 bits per heavy atom. The molecule has 0 aliphatic heterocycles. The number of aromatic nitrogens is 4. The van der Waals surface area contributed by atoms with Crippen molar-refractivity contribution in [2.24, 2.45) is 0 Å². The molecule has 5 aromatic carbocycles. The maximum absolute atomic E-state index is 5.76. The summed E-state index contributed by atoms with van der Waals surface area (Å²) in [6, 6.07) is 43.8.